The molecule has 34 heavy (non-hydrogen) atoms. The molecule has 0 unspecified atom stereocenters. The van der Waals surface area contributed by atoms with E-state index in [1.807, 2.05) is 30.3 Å². The highest BCUT2D eigenvalue weighted by atomic mass is 16.3. The topological polar surface area (TPSA) is 60.7 Å². The Hall–Kier alpha value is -2.94. The Balaban J connectivity index is 2.13. The normalized spacial score (nSPS) is 12.4. The Morgan fingerprint density at radius 1 is 0.647 bits per heavy atom. The minimum atomic E-state index is -0.189. The number of phenolic OH excluding ortho intramolecular Hbond substituents is 3. The van der Waals surface area contributed by atoms with E-state index in [4.69, 9.17) is 0 Å². The van der Waals surface area contributed by atoms with Gasteiger partial charge >= 0.3 is 0 Å². The fourth-order valence-corrected chi connectivity index (χ4v) is 4.82. The van der Waals surface area contributed by atoms with E-state index in [0.29, 0.717) is 24.3 Å². The number of rotatable bonds is 5. The maximum atomic E-state index is 11.2. The van der Waals surface area contributed by atoms with Gasteiger partial charge in [0.2, 0.25) is 0 Å². The molecule has 3 aromatic rings. The van der Waals surface area contributed by atoms with Gasteiger partial charge in [0.15, 0.2) is 0 Å². The van der Waals surface area contributed by atoms with E-state index >= 15 is 0 Å². The minimum absolute atomic E-state index is 0.123. The Morgan fingerprint density at radius 3 is 1.44 bits per heavy atom. The van der Waals surface area contributed by atoms with Crippen LogP contribution in [-0.4, -0.2) is 15.3 Å². The fraction of sp³-hybridized carbons (Fsp3) is 0.419. The molecule has 0 radical (unpaired) electrons. The van der Waals surface area contributed by atoms with Gasteiger partial charge in [0.05, 0.1) is 0 Å². The zero-order chi connectivity index (χ0) is 25.4. The SMILES string of the molecule is Cc1cc(CC(Cc2cc(C)cc(C(C)(C)C)c2O)c2ccccc2O)c(O)c(C(C)(C)C)c1. The van der Waals surface area contributed by atoms with Gasteiger partial charge in [0.25, 0.3) is 0 Å². The second kappa shape index (κ2) is 9.37. The van der Waals surface area contributed by atoms with Crippen molar-refractivity contribution in [1.82, 2.24) is 0 Å². The monoisotopic (exact) mass is 460 g/mol. The number of aromatic hydroxyl groups is 3. The van der Waals surface area contributed by atoms with Crippen LogP contribution in [0.15, 0.2) is 48.5 Å². The van der Waals surface area contributed by atoms with Crippen LogP contribution < -0.4 is 0 Å². The molecule has 0 aliphatic heterocycles. The van der Waals surface area contributed by atoms with E-state index in [2.05, 4.69) is 67.5 Å². The number of para-hydroxylation sites is 1. The first kappa shape index (κ1) is 25.7. The van der Waals surface area contributed by atoms with Gasteiger partial charge < -0.3 is 15.3 Å². The van der Waals surface area contributed by atoms with Crippen LogP contribution in [0.25, 0.3) is 0 Å². The summed E-state index contributed by atoms with van der Waals surface area (Å²) in [5.41, 5.74) is 6.21. The molecular weight excluding hydrogens is 420 g/mol. The Kier molecular flexibility index (Phi) is 7.07. The van der Waals surface area contributed by atoms with E-state index in [1.165, 1.54) is 0 Å². The van der Waals surface area contributed by atoms with Crippen LogP contribution in [0.1, 0.15) is 86.4 Å². The molecule has 0 heterocycles. The maximum Gasteiger partial charge on any atom is 0.122 e. The molecule has 0 spiro atoms. The molecule has 3 aromatic carbocycles. The molecule has 0 amide bonds. The van der Waals surface area contributed by atoms with Crippen LogP contribution in [0.4, 0.5) is 0 Å². The van der Waals surface area contributed by atoms with Gasteiger partial charge in [-0.1, -0.05) is 95.1 Å². The second-order valence-electron chi connectivity index (χ2n) is 11.8. The first-order valence-electron chi connectivity index (χ1n) is 12.1. The van der Waals surface area contributed by atoms with Gasteiger partial charge in [0.1, 0.15) is 17.2 Å². The number of hydrogen-bond donors (Lipinski definition) is 3. The van der Waals surface area contributed by atoms with Crippen LogP contribution >= 0.6 is 0 Å². The fourth-order valence-electron chi connectivity index (χ4n) is 4.82. The molecule has 3 heteroatoms. The van der Waals surface area contributed by atoms with Crippen molar-refractivity contribution in [2.24, 2.45) is 0 Å². The molecule has 0 bridgehead atoms. The Morgan fingerprint density at radius 2 is 1.06 bits per heavy atom. The molecule has 0 saturated heterocycles. The van der Waals surface area contributed by atoms with Gasteiger partial charge in [-0.05, 0) is 77.3 Å². The molecule has 0 atom stereocenters. The number of benzene rings is 3. The Bertz CT molecular complexity index is 1110. The minimum Gasteiger partial charge on any atom is -0.508 e. The van der Waals surface area contributed by atoms with E-state index in [0.717, 1.165) is 38.9 Å². The van der Waals surface area contributed by atoms with Crippen molar-refractivity contribution >= 4 is 0 Å². The summed E-state index contributed by atoms with van der Waals surface area (Å²) in [4.78, 5) is 0. The standard InChI is InChI=1S/C31H40O3/c1-19-13-22(28(33)25(15-19)30(3,4)5)17-21(24-11-9-10-12-27(24)32)18-23-14-20(2)16-26(29(23)34)31(6,7)8/h9-16,21,32-34H,17-18H2,1-8H3. The molecule has 3 N–H and O–H groups in total. The van der Waals surface area contributed by atoms with Gasteiger partial charge in [-0.25, -0.2) is 0 Å². The van der Waals surface area contributed by atoms with Crippen molar-refractivity contribution in [3.8, 4) is 17.2 Å². The zero-order valence-corrected chi connectivity index (χ0v) is 22.0. The van der Waals surface area contributed by atoms with E-state index in [-0.39, 0.29) is 22.5 Å². The highest BCUT2D eigenvalue weighted by Crippen LogP contribution is 2.41. The maximum absolute atomic E-state index is 11.2. The summed E-state index contributed by atoms with van der Waals surface area (Å²) < 4.78 is 0. The number of aryl methyl sites for hydroxylation is 2. The summed E-state index contributed by atoms with van der Waals surface area (Å²) in [6, 6.07) is 15.6. The molecule has 0 aromatic heterocycles. The van der Waals surface area contributed by atoms with Crippen LogP contribution in [0.5, 0.6) is 17.2 Å². The molecule has 0 aliphatic carbocycles. The third kappa shape index (κ3) is 5.58. The molecule has 182 valence electrons. The lowest BCUT2D eigenvalue weighted by Crippen LogP contribution is -2.15. The van der Waals surface area contributed by atoms with E-state index in [1.54, 1.807) is 6.07 Å². The van der Waals surface area contributed by atoms with Gasteiger partial charge in [0, 0.05) is 0 Å². The summed E-state index contributed by atoms with van der Waals surface area (Å²) >= 11 is 0. The summed E-state index contributed by atoms with van der Waals surface area (Å²) in [6.45, 7) is 16.7. The van der Waals surface area contributed by atoms with E-state index in [9.17, 15) is 15.3 Å². The van der Waals surface area contributed by atoms with E-state index < -0.39 is 0 Å². The first-order chi connectivity index (χ1) is 15.7. The van der Waals surface area contributed by atoms with Crippen molar-refractivity contribution in [2.75, 3.05) is 0 Å². The predicted molar refractivity (Wildman–Crippen MR) is 141 cm³/mol. The van der Waals surface area contributed by atoms with Crippen LogP contribution in [0.2, 0.25) is 0 Å². The summed E-state index contributed by atoms with van der Waals surface area (Å²) in [6.07, 6.45) is 1.10. The number of phenols is 3. The molecule has 0 saturated carbocycles. The quantitative estimate of drug-likeness (QED) is 0.368. The predicted octanol–water partition coefficient (Wildman–Crippen LogP) is 7.58. The largest absolute Gasteiger partial charge is 0.508 e. The molecular formula is C31H40O3. The molecule has 3 rings (SSSR count). The number of hydrogen-bond acceptors (Lipinski definition) is 3. The van der Waals surface area contributed by atoms with Crippen molar-refractivity contribution in [3.63, 3.8) is 0 Å². The Labute approximate surface area is 205 Å². The zero-order valence-electron chi connectivity index (χ0n) is 22.0. The lowest BCUT2D eigenvalue weighted by atomic mass is 9.79. The average molecular weight is 461 g/mol. The average Bonchev–Trinajstić information content (AvgIpc) is 2.71. The van der Waals surface area contributed by atoms with Crippen LogP contribution in [0.3, 0.4) is 0 Å². The third-order valence-corrected chi connectivity index (χ3v) is 6.59. The van der Waals surface area contributed by atoms with Crippen molar-refractivity contribution in [1.29, 1.82) is 0 Å². The summed E-state index contributed by atoms with van der Waals surface area (Å²) in [5.74, 6) is 0.755. The van der Waals surface area contributed by atoms with Crippen LogP contribution in [0, 0.1) is 13.8 Å². The second-order valence-corrected chi connectivity index (χ2v) is 11.8. The first-order valence-corrected chi connectivity index (χ1v) is 12.1. The lowest BCUT2D eigenvalue weighted by Gasteiger charge is -2.26. The third-order valence-electron chi connectivity index (χ3n) is 6.59. The van der Waals surface area contributed by atoms with Gasteiger partial charge in [-0.3, -0.25) is 0 Å². The van der Waals surface area contributed by atoms with Gasteiger partial charge in [-0.15, -0.1) is 0 Å². The van der Waals surface area contributed by atoms with Crippen molar-refractivity contribution in [2.45, 2.75) is 85.0 Å². The summed E-state index contributed by atoms with van der Waals surface area (Å²) in [7, 11) is 0. The van der Waals surface area contributed by atoms with Crippen LogP contribution in [-0.2, 0) is 23.7 Å². The van der Waals surface area contributed by atoms with Crippen molar-refractivity contribution in [3.05, 3.63) is 87.5 Å². The highest BCUT2D eigenvalue weighted by molar-refractivity contribution is 5.50. The highest BCUT2D eigenvalue weighted by Gasteiger charge is 2.26. The lowest BCUT2D eigenvalue weighted by molar-refractivity contribution is 0.428. The van der Waals surface area contributed by atoms with Gasteiger partial charge in [-0.2, -0.15) is 0 Å². The molecule has 3 nitrogen and oxygen atoms in total. The van der Waals surface area contributed by atoms with Crippen molar-refractivity contribution < 1.29 is 15.3 Å². The smallest absolute Gasteiger partial charge is 0.122 e. The summed E-state index contributed by atoms with van der Waals surface area (Å²) in [5, 5.41) is 33.2. The molecule has 0 aliphatic rings. The molecule has 0 fully saturated rings.